The van der Waals surface area contributed by atoms with Gasteiger partial charge in [-0.05, 0) is 130 Å². The van der Waals surface area contributed by atoms with Crippen molar-refractivity contribution in [1.29, 1.82) is 0 Å². The number of unbranched alkanes of at least 4 members (excludes halogenated alkanes) is 1. The summed E-state index contributed by atoms with van der Waals surface area (Å²) in [4.78, 5) is 0. The first-order valence-electron chi connectivity index (χ1n) is 20.5. The van der Waals surface area contributed by atoms with Gasteiger partial charge >= 0.3 is 0 Å². The predicted molar refractivity (Wildman–Crippen MR) is 245 cm³/mol. The van der Waals surface area contributed by atoms with Crippen molar-refractivity contribution >= 4 is 46.4 Å². The van der Waals surface area contributed by atoms with E-state index in [1.165, 1.54) is 0 Å². The molecule has 2 atom stereocenters. The molecule has 0 bridgehead atoms. The van der Waals surface area contributed by atoms with E-state index >= 15 is 0 Å². The summed E-state index contributed by atoms with van der Waals surface area (Å²) in [5.41, 5.74) is 51.7. The van der Waals surface area contributed by atoms with Gasteiger partial charge in [-0.1, -0.05) is 23.2 Å². The summed E-state index contributed by atoms with van der Waals surface area (Å²) in [7, 11) is 0. The van der Waals surface area contributed by atoms with Crippen molar-refractivity contribution in [3.8, 4) is 0 Å². The molecule has 0 aromatic rings. The molecule has 0 aliphatic carbocycles. The van der Waals surface area contributed by atoms with Gasteiger partial charge in [-0.25, -0.2) is 26.3 Å². The van der Waals surface area contributed by atoms with Gasteiger partial charge < -0.3 is 83.9 Å². The van der Waals surface area contributed by atoms with Gasteiger partial charge in [0.1, 0.15) is 4.33 Å². The van der Waals surface area contributed by atoms with Gasteiger partial charge in [0.15, 0.2) is 5.13 Å². The molecule has 370 valence electrons. The van der Waals surface area contributed by atoms with Gasteiger partial charge in [0.25, 0.3) is 11.8 Å². The highest BCUT2D eigenvalue weighted by atomic mass is 35.5. The largest absolute Gasteiger partial charge is 0.330 e. The highest BCUT2D eigenvalue weighted by molar-refractivity contribution is 6.48. The van der Waals surface area contributed by atoms with E-state index in [1.54, 1.807) is 0 Å². The first-order valence-corrected chi connectivity index (χ1v) is 22.1. The summed E-state index contributed by atoms with van der Waals surface area (Å²) in [6.07, 6.45) is 5.49. The first-order chi connectivity index (χ1) is 28.1. The maximum atomic E-state index is 13.1. The lowest BCUT2D eigenvalue weighted by atomic mass is 10.2. The Bertz CT molecular complexity index is 768. The maximum absolute atomic E-state index is 13.1. The molecular weight excluding hydrogens is 886 g/mol. The molecule has 0 fully saturated rings. The lowest BCUT2D eigenvalue weighted by Gasteiger charge is -2.18. The summed E-state index contributed by atoms with van der Waals surface area (Å²) >= 11 is 22.6. The number of nitrogens with two attached hydrogens (primary N) is 10. The molecule has 0 saturated heterocycles. The minimum Gasteiger partial charge on any atom is -0.330 e. The lowest BCUT2D eigenvalue weighted by molar-refractivity contribution is -0.00375. The Kier molecular flexibility index (Phi) is 54.3. The topological polar surface area (TPSA) is 320 Å². The first kappa shape index (κ1) is 69.2. The van der Waals surface area contributed by atoms with E-state index in [0.29, 0.717) is 78.4 Å². The molecule has 25 N–H and O–H groups in total. The van der Waals surface area contributed by atoms with Gasteiger partial charge in [-0.15, -0.1) is 23.2 Å². The Labute approximate surface area is 377 Å². The van der Waals surface area contributed by atoms with E-state index in [-0.39, 0.29) is 58.5 Å². The van der Waals surface area contributed by atoms with E-state index in [2.05, 4.69) is 26.6 Å². The fourth-order valence-electron chi connectivity index (χ4n) is 3.86. The summed E-state index contributed by atoms with van der Waals surface area (Å²) in [6.45, 7) is 7.39. The van der Waals surface area contributed by atoms with Crippen LogP contribution in [0.2, 0.25) is 0 Å². The Morgan fingerprint density at radius 3 is 1.10 bits per heavy atom. The van der Waals surface area contributed by atoms with Crippen LogP contribution in [0.4, 0.5) is 26.3 Å². The molecule has 0 aliphatic rings. The van der Waals surface area contributed by atoms with E-state index in [1.807, 2.05) is 0 Å². The van der Waals surface area contributed by atoms with Crippen LogP contribution >= 0.6 is 46.4 Å². The van der Waals surface area contributed by atoms with Crippen LogP contribution in [0, 0.1) is 0 Å². The van der Waals surface area contributed by atoms with Gasteiger partial charge in [0.05, 0.1) is 13.1 Å². The number of alkyl halides is 10. The zero-order valence-electron chi connectivity index (χ0n) is 35.8. The second-order valence-corrected chi connectivity index (χ2v) is 16.6. The number of halogens is 10. The minimum atomic E-state index is -2.73. The van der Waals surface area contributed by atoms with E-state index in [4.69, 9.17) is 104 Å². The third-order valence-corrected chi connectivity index (χ3v) is 8.62. The van der Waals surface area contributed by atoms with Crippen molar-refractivity contribution in [3.05, 3.63) is 0 Å². The molecule has 0 heterocycles. The average molecular weight is 972 g/mol. The normalized spacial score (nSPS) is 13.6. The summed E-state index contributed by atoms with van der Waals surface area (Å²) in [6, 6.07) is 0. The van der Waals surface area contributed by atoms with Crippen LogP contribution in [0.25, 0.3) is 0 Å². The number of hydrogen-bond acceptors (Lipinski definition) is 15. The monoisotopic (exact) mass is 970 g/mol. The molecule has 15 nitrogen and oxygen atoms in total. The maximum Gasteiger partial charge on any atom is 0.261 e. The minimum absolute atomic E-state index is 0.0194. The zero-order chi connectivity index (χ0) is 47.2. The van der Waals surface area contributed by atoms with Gasteiger partial charge in [-0.2, -0.15) is 0 Å². The third kappa shape index (κ3) is 62.4. The molecule has 0 rings (SSSR count). The van der Waals surface area contributed by atoms with Crippen molar-refractivity contribution in [2.24, 2.45) is 57.3 Å². The molecule has 25 heteroatoms. The highest BCUT2D eigenvalue weighted by Crippen LogP contribution is 2.23. The lowest BCUT2D eigenvalue weighted by Crippen LogP contribution is -2.38. The molecule has 2 unspecified atom stereocenters. The zero-order valence-corrected chi connectivity index (χ0v) is 38.8. The quantitative estimate of drug-likeness (QED) is 0.0235. The van der Waals surface area contributed by atoms with E-state index in [9.17, 15) is 26.3 Å². The number of rotatable bonds is 35. The summed E-state index contributed by atoms with van der Waals surface area (Å²) in [5.74, 6) is -5.40. The van der Waals surface area contributed by atoms with Gasteiger partial charge in [0, 0.05) is 52.0 Å². The third-order valence-electron chi connectivity index (χ3n) is 7.37. The van der Waals surface area contributed by atoms with Crippen LogP contribution in [-0.2, 0) is 0 Å². The van der Waals surface area contributed by atoms with Crippen LogP contribution in [0.1, 0.15) is 64.2 Å². The molecule has 0 radical (unpaired) electrons. The Balaban J connectivity index is -0.000000210. The van der Waals surface area contributed by atoms with Gasteiger partial charge in [-0.3, -0.25) is 0 Å². The Morgan fingerprint density at radius 1 is 0.317 bits per heavy atom. The van der Waals surface area contributed by atoms with E-state index in [0.717, 1.165) is 51.6 Å². The van der Waals surface area contributed by atoms with Crippen molar-refractivity contribution in [2.45, 2.75) is 90.6 Å². The molecular formula is C35H85Cl4F6N15. The SMILES string of the molecule is NCCCCNCC(F)(Cl)CN.NCCCNCC(Cl)(Cl)CCN.NCCCNCC(F)(Cl)CCN.NCCCNCC(F)(F)CCN.NCCCNCCC(F)(F)CN. The van der Waals surface area contributed by atoms with Gasteiger partial charge in [0.2, 0.25) is 5.13 Å². The Morgan fingerprint density at radius 2 is 0.700 bits per heavy atom. The average Bonchev–Trinajstić information content (AvgIpc) is 3.18. The molecule has 0 spiro atoms. The molecule has 0 aromatic carbocycles. The standard InChI is InChI=1S/C7H17Cl2N3.2C7H17ClFN3.2C7H17F2N3/c2*8-7(9,2-4-11)6-12-5-1-3-10;8-7(9,5-11)6-12-4-2-1-3-10;8-7(9,2-4-11)6-12-5-1-3-10;8-7(9,6-11)2-5-12-4-1-3-10/h5*12H,1-6,10-11H2. The summed E-state index contributed by atoms with van der Waals surface area (Å²) in [5, 5.41) is 10.8. The van der Waals surface area contributed by atoms with Crippen molar-refractivity contribution in [1.82, 2.24) is 26.6 Å². The smallest absolute Gasteiger partial charge is 0.261 e. The summed E-state index contributed by atoms with van der Waals surface area (Å²) < 4.78 is 75.6. The highest BCUT2D eigenvalue weighted by Gasteiger charge is 2.27. The van der Waals surface area contributed by atoms with Crippen LogP contribution in [-0.4, -0.2) is 157 Å². The molecule has 0 saturated carbocycles. The molecule has 0 amide bonds. The number of hydrogen-bond donors (Lipinski definition) is 15. The van der Waals surface area contributed by atoms with Crippen LogP contribution in [0.5, 0.6) is 0 Å². The van der Waals surface area contributed by atoms with Crippen molar-refractivity contribution < 1.29 is 26.3 Å². The van der Waals surface area contributed by atoms with E-state index < -0.39 is 33.0 Å². The number of nitrogens with one attached hydrogen (secondary N) is 5. The second-order valence-electron chi connectivity index (χ2n) is 13.6. The van der Waals surface area contributed by atoms with Crippen molar-refractivity contribution in [3.63, 3.8) is 0 Å². The fourth-order valence-corrected chi connectivity index (χ4v) is 4.56. The van der Waals surface area contributed by atoms with Crippen molar-refractivity contribution in [2.75, 3.05) is 131 Å². The Hall–Kier alpha value is 0.140. The second kappa shape index (κ2) is 47.1. The van der Waals surface area contributed by atoms with Crippen LogP contribution < -0.4 is 83.9 Å². The van der Waals surface area contributed by atoms with Crippen LogP contribution in [0.15, 0.2) is 0 Å². The fraction of sp³-hybridized carbons (Fsp3) is 1.00. The van der Waals surface area contributed by atoms with Crippen LogP contribution in [0.3, 0.4) is 0 Å². The molecule has 60 heavy (non-hydrogen) atoms. The molecule has 0 aliphatic heterocycles. The predicted octanol–water partition coefficient (Wildman–Crippen LogP) is 0.622. The molecule has 0 aromatic heterocycles.